The third-order valence-corrected chi connectivity index (χ3v) is 2.98. The van der Waals surface area contributed by atoms with E-state index in [1.54, 1.807) is 25.1 Å². The highest BCUT2D eigenvalue weighted by molar-refractivity contribution is 5.87. The Morgan fingerprint density at radius 2 is 1.81 bits per heavy atom. The molecular formula is C15H19F3N2O. The predicted molar refractivity (Wildman–Crippen MR) is 75.7 cm³/mol. The fourth-order valence-electron chi connectivity index (χ4n) is 1.97. The Labute approximate surface area is 122 Å². The second-order valence-corrected chi connectivity index (χ2v) is 4.89. The quantitative estimate of drug-likeness (QED) is 0.754. The topological polar surface area (TPSA) is 23.6 Å². The Hall–Kier alpha value is -1.82. The van der Waals surface area contributed by atoms with Crippen LogP contribution in [-0.4, -0.2) is 49.1 Å². The smallest absolute Gasteiger partial charge is 0.322 e. The van der Waals surface area contributed by atoms with E-state index in [4.69, 9.17) is 0 Å². The second-order valence-electron chi connectivity index (χ2n) is 4.89. The predicted octanol–water partition coefficient (Wildman–Crippen LogP) is 2.87. The highest BCUT2D eigenvalue weighted by Crippen LogP contribution is 2.37. The maximum Gasteiger partial charge on any atom is 0.413 e. The standard InChI is InChI=1S/C15H19F3N2O/c1-4-13(21)20(11-10-19(2)3)14(15(16,17)18)12-8-6-5-7-9-12/h4-9,14H,1,10-11H2,2-3H3. The van der Waals surface area contributed by atoms with Gasteiger partial charge in [-0.2, -0.15) is 13.2 Å². The Morgan fingerprint density at radius 1 is 1.24 bits per heavy atom. The van der Waals surface area contributed by atoms with Gasteiger partial charge in [-0.1, -0.05) is 36.9 Å². The summed E-state index contributed by atoms with van der Waals surface area (Å²) in [5, 5.41) is 0. The first kappa shape index (κ1) is 17.2. The number of nitrogens with zero attached hydrogens (tertiary/aromatic N) is 2. The summed E-state index contributed by atoms with van der Waals surface area (Å²) in [6, 6.07) is 5.46. The number of hydrogen-bond acceptors (Lipinski definition) is 2. The molecule has 0 aliphatic carbocycles. The van der Waals surface area contributed by atoms with Crippen molar-refractivity contribution in [1.82, 2.24) is 9.80 Å². The lowest BCUT2D eigenvalue weighted by atomic mass is 10.0. The zero-order valence-corrected chi connectivity index (χ0v) is 12.1. The summed E-state index contributed by atoms with van der Waals surface area (Å²) in [6.45, 7) is 3.60. The molecule has 1 aromatic rings. The molecule has 0 saturated carbocycles. The van der Waals surface area contributed by atoms with Crippen LogP contribution in [0.2, 0.25) is 0 Å². The number of hydrogen-bond donors (Lipinski definition) is 0. The van der Waals surface area contributed by atoms with Crippen molar-refractivity contribution < 1.29 is 18.0 Å². The molecule has 0 fully saturated rings. The van der Waals surface area contributed by atoms with Gasteiger partial charge in [0.15, 0.2) is 6.04 Å². The van der Waals surface area contributed by atoms with Crippen molar-refractivity contribution in [2.75, 3.05) is 27.2 Å². The largest absolute Gasteiger partial charge is 0.413 e. The molecule has 21 heavy (non-hydrogen) atoms. The van der Waals surface area contributed by atoms with Crippen LogP contribution in [0.15, 0.2) is 43.0 Å². The molecule has 1 atom stereocenters. The number of amides is 1. The molecule has 3 nitrogen and oxygen atoms in total. The average Bonchev–Trinajstić information content (AvgIpc) is 2.41. The van der Waals surface area contributed by atoms with Crippen LogP contribution in [0.1, 0.15) is 11.6 Å². The zero-order chi connectivity index (χ0) is 16.0. The molecule has 0 aliphatic heterocycles. The van der Waals surface area contributed by atoms with E-state index in [1.807, 2.05) is 0 Å². The summed E-state index contributed by atoms with van der Waals surface area (Å²) in [5.41, 5.74) is 0.0407. The van der Waals surface area contributed by atoms with Gasteiger partial charge in [0.1, 0.15) is 0 Å². The molecule has 6 heteroatoms. The maximum absolute atomic E-state index is 13.4. The number of halogens is 3. The minimum absolute atomic E-state index is 0.0308. The van der Waals surface area contributed by atoms with E-state index in [1.165, 1.54) is 24.3 Å². The van der Waals surface area contributed by atoms with Crippen molar-refractivity contribution in [3.63, 3.8) is 0 Å². The average molecular weight is 300 g/mol. The first-order valence-electron chi connectivity index (χ1n) is 6.46. The molecule has 1 amide bonds. The van der Waals surface area contributed by atoms with Gasteiger partial charge >= 0.3 is 6.18 Å². The summed E-state index contributed by atoms with van der Waals surface area (Å²) >= 11 is 0. The molecule has 0 radical (unpaired) electrons. The van der Waals surface area contributed by atoms with Gasteiger partial charge in [0.25, 0.3) is 0 Å². The molecule has 0 N–H and O–H groups in total. The third kappa shape index (κ3) is 4.90. The molecule has 0 aliphatic rings. The van der Waals surface area contributed by atoms with E-state index in [0.717, 1.165) is 11.0 Å². The zero-order valence-electron chi connectivity index (χ0n) is 12.1. The molecule has 116 valence electrons. The van der Waals surface area contributed by atoms with E-state index in [-0.39, 0.29) is 12.1 Å². The van der Waals surface area contributed by atoms with Crippen molar-refractivity contribution in [3.05, 3.63) is 48.6 Å². The maximum atomic E-state index is 13.4. The Bertz CT molecular complexity index is 472. The number of rotatable bonds is 6. The van der Waals surface area contributed by atoms with Crippen LogP contribution in [0.25, 0.3) is 0 Å². The summed E-state index contributed by atoms with van der Waals surface area (Å²) in [4.78, 5) is 14.4. The van der Waals surface area contributed by atoms with Crippen LogP contribution in [0, 0.1) is 0 Å². The van der Waals surface area contributed by atoms with Gasteiger partial charge in [0, 0.05) is 13.1 Å². The summed E-state index contributed by atoms with van der Waals surface area (Å²) in [6.07, 6.45) is -3.64. The first-order valence-corrected chi connectivity index (χ1v) is 6.46. The van der Waals surface area contributed by atoms with Gasteiger partial charge in [0.05, 0.1) is 0 Å². The van der Waals surface area contributed by atoms with Gasteiger partial charge in [-0.25, -0.2) is 0 Å². The first-order chi connectivity index (χ1) is 9.77. The molecular weight excluding hydrogens is 281 g/mol. The summed E-state index contributed by atoms with van der Waals surface area (Å²) in [7, 11) is 3.48. The lowest BCUT2D eigenvalue weighted by molar-refractivity contribution is -0.190. The minimum Gasteiger partial charge on any atom is -0.322 e. The van der Waals surface area contributed by atoms with E-state index < -0.39 is 18.1 Å². The number of carbonyl (C=O) groups is 1. The number of likely N-dealkylation sites (N-methyl/N-ethyl adjacent to an activating group) is 1. The molecule has 1 aromatic carbocycles. The molecule has 1 rings (SSSR count). The lowest BCUT2D eigenvalue weighted by Gasteiger charge is -2.33. The van der Waals surface area contributed by atoms with Crippen LogP contribution >= 0.6 is 0 Å². The number of benzene rings is 1. The Balaban J connectivity index is 3.18. The third-order valence-electron chi connectivity index (χ3n) is 2.98. The van der Waals surface area contributed by atoms with Crippen LogP contribution in [0.3, 0.4) is 0 Å². The van der Waals surface area contributed by atoms with Gasteiger partial charge < -0.3 is 9.80 Å². The minimum atomic E-state index is -4.55. The normalized spacial score (nSPS) is 13.0. The molecule has 0 saturated heterocycles. The number of alkyl halides is 3. The van der Waals surface area contributed by atoms with E-state index >= 15 is 0 Å². The highest BCUT2D eigenvalue weighted by Gasteiger charge is 2.45. The Kier molecular flexibility index (Phi) is 5.96. The van der Waals surface area contributed by atoms with Gasteiger partial charge in [-0.3, -0.25) is 4.79 Å². The summed E-state index contributed by atoms with van der Waals surface area (Å²) < 4.78 is 40.3. The van der Waals surface area contributed by atoms with Crippen molar-refractivity contribution >= 4 is 5.91 Å². The van der Waals surface area contributed by atoms with E-state index in [0.29, 0.717) is 6.54 Å². The molecule has 0 bridgehead atoms. The van der Waals surface area contributed by atoms with Crippen molar-refractivity contribution in [1.29, 1.82) is 0 Å². The SMILES string of the molecule is C=CC(=O)N(CCN(C)C)C(c1ccccc1)C(F)(F)F. The van der Waals surface area contributed by atoms with E-state index in [9.17, 15) is 18.0 Å². The van der Waals surface area contributed by atoms with Crippen molar-refractivity contribution in [3.8, 4) is 0 Å². The summed E-state index contributed by atoms with van der Waals surface area (Å²) in [5.74, 6) is -0.733. The molecule has 1 unspecified atom stereocenters. The van der Waals surface area contributed by atoms with E-state index in [2.05, 4.69) is 6.58 Å². The van der Waals surface area contributed by atoms with Gasteiger partial charge in [0.2, 0.25) is 5.91 Å². The van der Waals surface area contributed by atoms with Crippen molar-refractivity contribution in [2.24, 2.45) is 0 Å². The van der Waals surface area contributed by atoms with Crippen LogP contribution in [-0.2, 0) is 4.79 Å². The lowest BCUT2D eigenvalue weighted by Crippen LogP contribution is -2.44. The fourth-order valence-corrected chi connectivity index (χ4v) is 1.97. The highest BCUT2D eigenvalue weighted by atomic mass is 19.4. The number of carbonyl (C=O) groups excluding carboxylic acids is 1. The van der Waals surface area contributed by atoms with Crippen LogP contribution in [0.5, 0.6) is 0 Å². The van der Waals surface area contributed by atoms with Gasteiger partial charge in [-0.05, 0) is 25.7 Å². The van der Waals surface area contributed by atoms with Crippen molar-refractivity contribution in [2.45, 2.75) is 12.2 Å². The molecule has 0 spiro atoms. The van der Waals surface area contributed by atoms with Crippen LogP contribution < -0.4 is 0 Å². The Morgan fingerprint density at radius 3 is 2.24 bits per heavy atom. The molecule has 0 heterocycles. The monoisotopic (exact) mass is 300 g/mol. The second kappa shape index (κ2) is 7.26. The van der Waals surface area contributed by atoms with Gasteiger partial charge in [-0.15, -0.1) is 0 Å². The fraction of sp³-hybridized carbons (Fsp3) is 0.400. The van der Waals surface area contributed by atoms with Crippen LogP contribution in [0.4, 0.5) is 13.2 Å². The molecule has 0 aromatic heterocycles.